The minimum Gasteiger partial charge on any atom is -0.480 e. The van der Waals surface area contributed by atoms with Crippen molar-refractivity contribution in [3.05, 3.63) is 11.8 Å². The highest BCUT2D eigenvalue weighted by Gasteiger charge is 2.40. The summed E-state index contributed by atoms with van der Waals surface area (Å²) in [5.74, 6) is -0.0371. The lowest BCUT2D eigenvalue weighted by molar-refractivity contribution is -0.143. The van der Waals surface area contributed by atoms with E-state index >= 15 is 0 Å². The first-order chi connectivity index (χ1) is 9.91. The Hall–Kier alpha value is -1.85. The summed E-state index contributed by atoms with van der Waals surface area (Å²) >= 11 is 0. The summed E-state index contributed by atoms with van der Waals surface area (Å²) in [7, 11) is 0. The lowest BCUT2D eigenvalue weighted by Gasteiger charge is -2.34. The van der Waals surface area contributed by atoms with Gasteiger partial charge in [0.2, 0.25) is 11.8 Å². The molecule has 1 saturated carbocycles. The minimum absolute atomic E-state index is 0.00950. The number of ether oxygens (including phenoxy) is 1. The molecule has 6 heteroatoms. The third-order valence-electron chi connectivity index (χ3n) is 3.65. The fourth-order valence-corrected chi connectivity index (χ4v) is 2.66. The summed E-state index contributed by atoms with van der Waals surface area (Å²) in [5.41, 5.74) is -0.208. The van der Waals surface area contributed by atoms with E-state index in [1.54, 1.807) is 6.07 Å². The van der Waals surface area contributed by atoms with Gasteiger partial charge in [-0.05, 0) is 33.6 Å². The predicted molar refractivity (Wildman–Crippen MR) is 79.6 cm³/mol. The number of aromatic nitrogens is 2. The Labute approximate surface area is 124 Å². The van der Waals surface area contributed by atoms with Crippen LogP contribution in [0.2, 0.25) is 0 Å². The van der Waals surface area contributed by atoms with Gasteiger partial charge in [-0.15, -0.1) is 0 Å². The second kappa shape index (κ2) is 6.28. The SMILES string of the molecule is Cc1cc(OC(C)C)nc(NC2(C(=O)O)CCCCC2)n1. The number of nitrogens with zero attached hydrogens (tertiary/aromatic N) is 2. The van der Waals surface area contributed by atoms with Crippen molar-refractivity contribution in [1.29, 1.82) is 0 Å². The molecule has 116 valence electrons. The van der Waals surface area contributed by atoms with Gasteiger partial charge in [-0.3, -0.25) is 0 Å². The molecule has 0 amide bonds. The van der Waals surface area contributed by atoms with Crippen molar-refractivity contribution in [2.24, 2.45) is 0 Å². The highest BCUT2D eigenvalue weighted by Crippen LogP contribution is 2.31. The van der Waals surface area contributed by atoms with Crippen molar-refractivity contribution in [3.8, 4) is 5.88 Å². The van der Waals surface area contributed by atoms with Gasteiger partial charge in [0.25, 0.3) is 0 Å². The lowest BCUT2D eigenvalue weighted by atomic mass is 9.82. The fraction of sp³-hybridized carbons (Fsp3) is 0.667. The Balaban J connectivity index is 2.24. The van der Waals surface area contributed by atoms with Gasteiger partial charge in [-0.2, -0.15) is 4.98 Å². The van der Waals surface area contributed by atoms with Crippen LogP contribution in [0.3, 0.4) is 0 Å². The summed E-state index contributed by atoms with van der Waals surface area (Å²) in [6.45, 7) is 5.68. The fourth-order valence-electron chi connectivity index (χ4n) is 2.66. The molecule has 1 aliphatic carbocycles. The first-order valence-electron chi connectivity index (χ1n) is 7.45. The molecule has 2 rings (SSSR count). The van der Waals surface area contributed by atoms with E-state index in [1.165, 1.54) is 0 Å². The summed E-state index contributed by atoms with van der Waals surface area (Å²) in [4.78, 5) is 20.3. The van der Waals surface area contributed by atoms with E-state index in [-0.39, 0.29) is 6.10 Å². The number of aryl methyl sites for hydroxylation is 1. The topological polar surface area (TPSA) is 84.3 Å². The predicted octanol–water partition coefficient (Wildman–Crippen LogP) is 2.77. The minimum atomic E-state index is -0.957. The average Bonchev–Trinajstić information content (AvgIpc) is 2.37. The molecule has 1 aromatic heterocycles. The first-order valence-corrected chi connectivity index (χ1v) is 7.45. The van der Waals surface area contributed by atoms with Crippen LogP contribution in [0.25, 0.3) is 0 Å². The van der Waals surface area contributed by atoms with Gasteiger partial charge < -0.3 is 15.2 Å². The molecule has 0 radical (unpaired) electrons. The number of carboxylic acids is 1. The Morgan fingerprint density at radius 1 is 1.33 bits per heavy atom. The van der Waals surface area contributed by atoms with Crippen molar-refractivity contribution in [1.82, 2.24) is 9.97 Å². The quantitative estimate of drug-likeness (QED) is 0.868. The molecule has 1 aliphatic rings. The number of nitrogens with one attached hydrogen (secondary N) is 1. The van der Waals surface area contributed by atoms with Gasteiger partial charge in [0.1, 0.15) is 5.54 Å². The van der Waals surface area contributed by atoms with Crippen molar-refractivity contribution >= 4 is 11.9 Å². The van der Waals surface area contributed by atoms with Crippen LogP contribution < -0.4 is 10.1 Å². The number of carboxylic acid groups (broad SMARTS) is 1. The van der Waals surface area contributed by atoms with Crippen molar-refractivity contribution in [3.63, 3.8) is 0 Å². The zero-order valence-corrected chi connectivity index (χ0v) is 12.8. The smallest absolute Gasteiger partial charge is 0.329 e. The zero-order chi connectivity index (χ0) is 15.5. The molecule has 0 spiro atoms. The van der Waals surface area contributed by atoms with Crippen LogP contribution in [0.1, 0.15) is 51.6 Å². The zero-order valence-electron chi connectivity index (χ0n) is 12.8. The Morgan fingerprint density at radius 3 is 2.57 bits per heavy atom. The summed E-state index contributed by atoms with van der Waals surface area (Å²) in [6.07, 6.45) is 4.09. The van der Waals surface area contributed by atoms with Crippen molar-refractivity contribution in [2.75, 3.05) is 5.32 Å². The van der Waals surface area contributed by atoms with E-state index in [4.69, 9.17) is 4.74 Å². The van der Waals surface area contributed by atoms with Gasteiger partial charge >= 0.3 is 5.97 Å². The van der Waals surface area contributed by atoms with E-state index in [2.05, 4.69) is 15.3 Å². The third-order valence-corrected chi connectivity index (χ3v) is 3.65. The Kier molecular flexibility index (Phi) is 4.65. The second-order valence-corrected chi connectivity index (χ2v) is 5.91. The second-order valence-electron chi connectivity index (χ2n) is 5.91. The number of hydrogen-bond acceptors (Lipinski definition) is 5. The average molecular weight is 293 g/mol. The highest BCUT2D eigenvalue weighted by molar-refractivity contribution is 5.82. The number of rotatable bonds is 5. The standard InChI is InChI=1S/C15H23N3O3/c1-10(2)21-12-9-11(3)16-14(17-12)18-15(13(19)20)7-5-4-6-8-15/h9-10H,4-8H2,1-3H3,(H,19,20)(H,16,17,18). The van der Waals surface area contributed by atoms with Crippen LogP contribution in [-0.2, 0) is 4.79 Å². The van der Waals surface area contributed by atoms with E-state index in [9.17, 15) is 9.90 Å². The van der Waals surface area contributed by atoms with Crippen molar-refractivity contribution in [2.45, 2.75) is 64.5 Å². The van der Waals surface area contributed by atoms with Crippen LogP contribution in [0.4, 0.5) is 5.95 Å². The molecule has 1 aromatic rings. The molecule has 0 saturated heterocycles. The number of hydrogen-bond donors (Lipinski definition) is 2. The number of aliphatic carboxylic acids is 1. The Morgan fingerprint density at radius 2 is 2.00 bits per heavy atom. The van der Waals surface area contributed by atoms with Gasteiger partial charge in [0.05, 0.1) is 6.10 Å². The molecule has 1 heterocycles. The number of anilines is 1. The monoisotopic (exact) mass is 293 g/mol. The molecule has 0 bridgehead atoms. The molecule has 6 nitrogen and oxygen atoms in total. The van der Waals surface area contributed by atoms with E-state index in [0.29, 0.717) is 24.7 Å². The molecular formula is C15H23N3O3. The highest BCUT2D eigenvalue weighted by atomic mass is 16.5. The Bertz CT molecular complexity index is 511. The molecule has 1 fully saturated rings. The van der Waals surface area contributed by atoms with Gasteiger partial charge in [0.15, 0.2) is 0 Å². The van der Waals surface area contributed by atoms with Crippen LogP contribution in [0, 0.1) is 6.92 Å². The van der Waals surface area contributed by atoms with E-state index in [1.807, 2.05) is 20.8 Å². The maximum absolute atomic E-state index is 11.7. The molecule has 0 unspecified atom stereocenters. The molecule has 2 N–H and O–H groups in total. The van der Waals surface area contributed by atoms with E-state index in [0.717, 1.165) is 25.0 Å². The van der Waals surface area contributed by atoms with Crippen LogP contribution in [0.15, 0.2) is 6.07 Å². The molecule has 0 aromatic carbocycles. The molecule has 21 heavy (non-hydrogen) atoms. The summed E-state index contributed by atoms with van der Waals surface area (Å²) in [6, 6.07) is 1.75. The molecule has 0 atom stereocenters. The van der Waals surface area contributed by atoms with Crippen LogP contribution in [0.5, 0.6) is 5.88 Å². The maximum Gasteiger partial charge on any atom is 0.329 e. The van der Waals surface area contributed by atoms with Crippen molar-refractivity contribution < 1.29 is 14.6 Å². The summed E-state index contributed by atoms with van der Waals surface area (Å²) in [5, 5.41) is 12.6. The number of carbonyl (C=O) groups is 1. The van der Waals surface area contributed by atoms with Gasteiger partial charge in [-0.1, -0.05) is 19.3 Å². The third kappa shape index (κ3) is 3.83. The van der Waals surface area contributed by atoms with E-state index < -0.39 is 11.5 Å². The normalized spacial score (nSPS) is 17.5. The van der Waals surface area contributed by atoms with Crippen LogP contribution >= 0.6 is 0 Å². The molecule has 0 aliphatic heterocycles. The van der Waals surface area contributed by atoms with Gasteiger partial charge in [-0.25, -0.2) is 9.78 Å². The van der Waals surface area contributed by atoms with Gasteiger partial charge in [0, 0.05) is 11.8 Å². The lowest BCUT2D eigenvalue weighted by Crippen LogP contribution is -2.48. The molecular weight excluding hydrogens is 270 g/mol. The first kappa shape index (κ1) is 15.5. The maximum atomic E-state index is 11.7. The summed E-state index contributed by atoms with van der Waals surface area (Å²) < 4.78 is 5.58. The largest absolute Gasteiger partial charge is 0.480 e. The van der Waals surface area contributed by atoms with Crippen LogP contribution in [-0.4, -0.2) is 32.7 Å².